The number of nitrogens with two attached hydrogens (primary N) is 1. The quantitative estimate of drug-likeness (QED) is 0.0407. The highest BCUT2D eigenvalue weighted by Gasteiger charge is 2.68. The Labute approximate surface area is 476 Å². The number of aliphatic hydroxyl groups is 5. The van der Waals surface area contributed by atoms with Crippen LogP contribution in [0.1, 0.15) is 155 Å². The highest BCUT2D eigenvalue weighted by Crippen LogP contribution is 2.69. The van der Waals surface area contributed by atoms with E-state index in [1.165, 1.54) is 18.4 Å². The van der Waals surface area contributed by atoms with Crippen LogP contribution in [-0.2, 0) is 16.0 Å². The summed E-state index contributed by atoms with van der Waals surface area (Å²) in [4.78, 5) is 32.8. The molecule has 0 bridgehead atoms. The fourth-order valence-electron chi connectivity index (χ4n) is 18.4. The molecule has 0 amide bonds. The number of aromatic hydroxyl groups is 1. The maximum absolute atomic E-state index is 15.2. The highest BCUT2D eigenvalue weighted by molar-refractivity contribution is 5.89. The first-order valence-electron chi connectivity index (χ1n) is 30.6. The fraction of sp³-hybridized carbons (Fsp3) is 0.582. The van der Waals surface area contributed by atoms with Crippen molar-refractivity contribution in [1.29, 1.82) is 0 Å². The van der Waals surface area contributed by atoms with E-state index in [1.54, 1.807) is 12.1 Å². The van der Waals surface area contributed by atoms with Crippen LogP contribution in [0.15, 0.2) is 90.4 Å². The molecule has 0 radical (unpaired) electrons. The Morgan fingerprint density at radius 3 is 2.48 bits per heavy atom. The maximum Gasteiger partial charge on any atom is 0.160 e. The molecule has 16 unspecified atom stereocenters. The summed E-state index contributed by atoms with van der Waals surface area (Å²) in [6.45, 7) is 4.20. The number of aliphatic hydroxyl groups excluding tert-OH is 4. The number of rotatable bonds is 15. The van der Waals surface area contributed by atoms with Crippen LogP contribution >= 0.6 is 0 Å². The number of benzene rings is 3. The Bertz CT molecular complexity index is 3110. The molecule has 12 rings (SSSR count). The van der Waals surface area contributed by atoms with E-state index in [9.17, 15) is 35.4 Å². The van der Waals surface area contributed by atoms with Crippen LogP contribution in [0.2, 0.25) is 0 Å². The average molecular weight is 1100 g/mol. The van der Waals surface area contributed by atoms with Crippen molar-refractivity contribution in [1.82, 2.24) is 20.9 Å². The third-order valence-corrected chi connectivity index (χ3v) is 21.7. The number of fused-ring (bicyclic) bond motifs is 6. The normalized spacial score (nSPS) is 33.3. The fourth-order valence-corrected chi connectivity index (χ4v) is 18.4. The first-order valence-corrected chi connectivity index (χ1v) is 30.6. The third-order valence-electron chi connectivity index (χ3n) is 21.7. The number of allylic oxidation sites excluding steroid dienone is 2. The molecule has 16 atom stereocenters. The molecule has 1 aromatic heterocycles. The predicted molar refractivity (Wildman–Crippen MR) is 311 cm³/mol. The number of H-pyrrole nitrogens is 1. The van der Waals surface area contributed by atoms with Crippen LogP contribution in [-0.4, -0.2) is 110 Å². The minimum atomic E-state index is -1.47. The van der Waals surface area contributed by atoms with Crippen molar-refractivity contribution in [3.05, 3.63) is 118 Å². The summed E-state index contributed by atoms with van der Waals surface area (Å²) < 4.78 is 5.60. The van der Waals surface area contributed by atoms with Crippen LogP contribution in [0.4, 0.5) is 0 Å². The first-order chi connectivity index (χ1) is 39.2. The number of methoxy groups -OCH3 is 1. The molecule has 3 aromatic carbocycles. The van der Waals surface area contributed by atoms with Gasteiger partial charge in [-0.1, -0.05) is 86.6 Å². The lowest BCUT2D eigenvalue weighted by molar-refractivity contribution is -0.164. The number of Topliss-reactive ketones (excluding diaryl/α,β-unsaturated/α-hetero) is 2. The monoisotopic (exact) mass is 1100 g/mol. The molecular formula is C67H85N5O9. The van der Waals surface area contributed by atoms with E-state index in [2.05, 4.69) is 88.4 Å². The molecule has 8 aliphatic rings. The summed E-state index contributed by atoms with van der Waals surface area (Å²) >= 11 is 0. The van der Waals surface area contributed by atoms with Gasteiger partial charge in [-0.2, -0.15) is 0 Å². The van der Waals surface area contributed by atoms with Crippen LogP contribution in [0, 0.1) is 58.7 Å². The first kappa shape index (κ1) is 56.0. The minimum Gasteiger partial charge on any atom is -0.504 e. The van der Waals surface area contributed by atoms with Crippen LogP contribution in [0.5, 0.6) is 11.5 Å². The Kier molecular flexibility index (Phi) is 15.9. The van der Waals surface area contributed by atoms with Gasteiger partial charge in [-0.3, -0.25) is 9.59 Å². The van der Waals surface area contributed by atoms with Crippen LogP contribution in [0.25, 0.3) is 10.8 Å². The van der Waals surface area contributed by atoms with Gasteiger partial charge in [0.1, 0.15) is 11.2 Å². The van der Waals surface area contributed by atoms with Gasteiger partial charge >= 0.3 is 0 Å². The van der Waals surface area contributed by atoms with E-state index in [0.717, 1.165) is 72.7 Å². The third kappa shape index (κ3) is 10.2. The number of aromatic nitrogens is 1. The van der Waals surface area contributed by atoms with Gasteiger partial charge in [-0.05, 0) is 188 Å². The number of phenols is 1. The number of hydrogen-bond donors (Lipinski definition) is 11. The Morgan fingerprint density at radius 2 is 1.72 bits per heavy atom. The molecule has 14 heteroatoms. The number of carbonyl (C=O) groups excluding carboxylic acids is 2. The van der Waals surface area contributed by atoms with Gasteiger partial charge in [-0.15, -0.1) is 0 Å². The van der Waals surface area contributed by atoms with Crippen molar-refractivity contribution in [3.63, 3.8) is 0 Å². The average Bonchev–Trinajstić information content (AvgIpc) is 3.03. The van der Waals surface area contributed by atoms with E-state index >= 15 is 4.79 Å². The van der Waals surface area contributed by atoms with Crippen molar-refractivity contribution < 1.29 is 45.0 Å². The van der Waals surface area contributed by atoms with Gasteiger partial charge in [0.05, 0.1) is 31.2 Å². The lowest BCUT2D eigenvalue weighted by atomic mass is 9.39. The maximum atomic E-state index is 15.2. The topological polar surface area (TPSA) is 243 Å². The van der Waals surface area contributed by atoms with Gasteiger partial charge in [0.2, 0.25) is 0 Å². The summed E-state index contributed by atoms with van der Waals surface area (Å²) in [6.07, 6.45) is 10.1. The van der Waals surface area contributed by atoms with E-state index in [1.807, 2.05) is 18.2 Å². The number of dihydropyridines is 1. The van der Waals surface area contributed by atoms with Gasteiger partial charge < -0.3 is 62.0 Å². The van der Waals surface area contributed by atoms with Gasteiger partial charge in [0.25, 0.3) is 0 Å². The van der Waals surface area contributed by atoms with E-state index in [-0.39, 0.29) is 120 Å². The van der Waals surface area contributed by atoms with E-state index in [0.29, 0.717) is 62.2 Å². The number of ketones is 2. The molecule has 12 N–H and O–H groups in total. The summed E-state index contributed by atoms with van der Waals surface area (Å²) in [6, 6.07) is 20.1. The van der Waals surface area contributed by atoms with Crippen LogP contribution < -0.4 is 26.4 Å². The van der Waals surface area contributed by atoms with Crippen LogP contribution in [0.3, 0.4) is 0 Å². The number of nitrogens with one attached hydrogen (secondary N) is 4. The molecule has 2 aliphatic heterocycles. The molecule has 4 aromatic rings. The summed E-state index contributed by atoms with van der Waals surface area (Å²) in [7, 11) is 1.48. The largest absolute Gasteiger partial charge is 0.504 e. The van der Waals surface area contributed by atoms with E-state index in [4.69, 9.17) is 10.5 Å². The molecule has 1 saturated heterocycles. The Balaban J connectivity index is 0.893. The minimum absolute atomic E-state index is 0.0111. The number of aromatic amines is 1. The van der Waals surface area contributed by atoms with Crippen molar-refractivity contribution in [2.45, 2.75) is 170 Å². The second kappa shape index (κ2) is 22.9. The van der Waals surface area contributed by atoms with Crippen molar-refractivity contribution in [2.24, 2.45) is 52.6 Å². The molecule has 432 valence electrons. The number of phenolic OH excluding ortho intramolecular Hbond substituents is 1. The highest BCUT2D eigenvalue weighted by atomic mass is 16.5. The SMILES string of the molecule is CCNCC1C2c3[nH]ccc3C3CC(=O)CC4NC5(CCCCC5)C(C(CCC(O)O)C1C1CCC5(C#CC(CC(O)C(O)CC(C6=CCNC(N)=C6)c6ccc7ccccc7c6)c6cc(O)c(OC)cc6CCC5=O)C(O)C1)C2C43. The summed E-state index contributed by atoms with van der Waals surface area (Å²) in [5.74, 6) is 7.96. The van der Waals surface area contributed by atoms with Crippen molar-refractivity contribution in [3.8, 4) is 23.3 Å². The number of piperidine rings is 1. The predicted octanol–water partition coefficient (Wildman–Crippen LogP) is 7.58. The second-order valence-electron chi connectivity index (χ2n) is 25.8. The number of hydrogen-bond acceptors (Lipinski definition) is 13. The van der Waals surface area contributed by atoms with Gasteiger partial charge in [0, 0.05) is 67.0 Å². The Morgan fingerprint density at radius 1 is 0.901 bits per heavy atom. The molecule has 81 heavy (non-hydrogen) atoms. The molecule has 5 fully saturated rings. The summed E-state index contributed by atoms with van der Waals surface area (Å²) in [5, 5.41) is 83.9. The zero-order valence-corrected chi connectivity index (χ0v) is 47.2. The number of ether oxygens (including phenoxy) is 1. The second-order valence-corrected chi connectivity index (χ2v) is 25.8. The van der Waals surface area contributed by atoms with Gasteiger partial charge in [0.15, 0.2) is 23.6 Å². The molecular weight excluding hydrogens is 1020 g/mol. The van der Waals surface area contributed by atoms with Gasteiger partial charge in [-0.25, -0.2) is 0 Å². The smallest absolute Gasteiger partial charge is 0.160 e. The lowest BCUT2D eigenvalue weighted by Gasteiger charge is -2.69. The molecule has 6 aliphatic carbocycles. The standard InChI is InChI=1S/C67H85N5O9/c1-3-69-36-50-60(46(14-16-59(79)80)64-63-61-49(45-20-26-71-65(45)62(50)63)32-44(73)33-51(61)72-67(64)21-7-4-8-22-67)43-18-24-66(57(78)30-43)23-17-41(48-35-54(76)55(81-2)29-40(48)13-15-56(66)77)28-52(74)53(75)34-47(42-19-25-70-58(68)31-42)39-12-11-37-9-5-6-10-38(37)27-39/h5-6,9-12,19-20,26-27,29,31,35,41,43,46-47,49-53,57,59-64,69-72,74-76,78-80H,3-4,7-8,13-16,18,21-22,24-25,28,30,32-34,36,68H2,1-2H3. The zero-order chi connectivity index (χ0) is 56.3. The molecule has 14 nitrogen and oxygen atoms in total. The zero-order valence-electron chi connectivity index (χ0n) is 47.2. The lowest BCUT2D eigenvalue weighted by Crippen LogP contribution is -2.74. The van der Waals surface area contributed by atoms with E-state index < -0.39 is 35.9 Å². The number of carbonyl (C=O) groups is 2. The number of aryl methyl sites for hydroxylation is 1. The van der Waals surface area contributed by atoms with Crippen molar-refractivity contribution in [2.75, 3.05) is 26.7 Å². The molecule has 2 spiro atoms. The Hall–Kier alpha value is -5.50. The van der Waals surface area contributed by atoms with Crippen molar-refractivity contribution >= 4 is 22.3 Å². The molecule has 3 heterocycles. The molecule has 4 saturated carbocycles. The summed E-state index contributed by atoms with van der Waals surface area (Å²) in [5.41, 5.74) is 10.5.